The second-order valence-corrected chi connectivity index (χ2v) is 38.2. The second kappa shape index (κ2) is 28.7. The number of halogens is 2. The van der Waals surface area contributed by atoms with Crippen molar-refractivity contribution in [3.63, 3.8) is 0 Å². The van der Waals surface area contributed by atoms with Gasteiger partial charge in [-0.1, -0.05) is 271 Å². The van der Waals surface area contributed by atoms with Gasteiger partial charge in [0.15, 0.2) is 0 Å². The Morgan fingerprint density at radius 1 is 0.333 bits per heavy atom. The number of hydrogen-bond acceptors (Lipinski definition) is 0. The Hall–Kier alpha value is 0.796. The fourth-order valence-corrected chi connectivity index (χ4v) is 30.1. The van der Waals surface area contributed by atoms with Gasteiger partial charge in [-0.3, -0.25) is 0 Å². The van der Waals surface area contributed by atoms with Crippen LogP contribution in [0.4, 0.5) is 0 Å². The van der Waals surface area contributed by atoms with Crippen LogP contribution in [0.15, 0.2) is 91.7 Å². The zero-order valence-corrected chi connectivity index (χ0v) is 48.8. The summed E-state index contributed by atoms with van der Waals surface area (Å²) in [7, 11) is -3.53. The topological polar surface area (TPSA) is 0 Å². The van der Waals surface area contributed by atoms with E-state index in [1.165, 1.54) is 103 Å². The molecular formula is C52H88Cl2Si4Ti2-2. The van der Waals surface area contributed by atoms with E-state index >= 15 is 0 Å². The predicted octanol–water partition coefficient (Wildman–Crippen LogP) is 11.8. The molecular weight excluding hydrogens is 904 g/mol. The molecule has 0 aromatic heterocycles. The van der Waals surface area contributed by atoms with Crippen molar-refractivity contribution in [1.82, 2.24) is 0 Å². The number of allylic oxidation sites excluding steroid dienone is 16. The monoisotopic (exact) mass is 990 g/mol. The molecule has 0 aromatic rings. The molecule has 4 fully saturated rings. The molecule has 4 saturated heterocycles. The van der Waals surface area contributed by atoms with Gasteiger partial charge in [-0.25, -0.2) is 0 Å². The van der Waals surface area contributed by atoms with E-state index in [-0.39, 0.29) is 68.2 Å². The molecule has 8 rings (SSSR count). The molecule has 8 aliphatic rings. The molecule has 0 radical (unpaired) electrons. The van der Waals surface area contributed by atoms with Gasteiger partial charge in [-0.15, -0.1) is 0 Å². The first kappa shape index (κ1) is 58.8. The molecule has 60 heavy (non-hydrogen) atoms. The van der Waals surface area contributed by atoms with Crippen LogP contribution in [0, 0.1) is 0 Å². The van der Waals surface area contributed by atoms with E-state index < -0.39 is 32.3 Å². The van der Waals surface area contributed by atoms with E-state index in [4.69, 9.17) is 0 Å². The smallest absolute Gasteiger partial charge is 0.0862 e. The van der Waals surface area contributed by atoms with E-state index in [0.717, 1.165) is 0 Å². The van der Waals surface area contributed by atoms with Crippen molar-refractivity contribution < 1.29 is 68.2 Å². The van der Waals surface area contributed by atoms with Crippen LogP contribution in [0.25, 0.3) is 0 Å². The standard InChI is InChI=1S/4C13H22Si.2ClH.2Ti/c4*1-3-8-14(9-5-10-14)13-7-6-12(4-2)11-13;;;;/h4*7,11H,3-6,8-10H2,1-2H3;2*1H;;/p-2. The molecule has 0 saturated carbocycles. The van der Waals surface area contributed by atoms with Crippen LogP contribution < -0.4 is 24.8 Å². The fourth-order valence-electron chi connectivity index (χ4n) is 11.8. The molecule has 0 nitrogen and oxygen atoms in total. The Bertz CT molecular complexity index is 1330. The quantitative estimate of drug-likeness (QED) is 0.135. The van der Waals surface area contributed by atoms with E-state index in [1.807, 2.05) is 20.8 Å². The minimum absolute atomic E-state index is 0. The van der Waals surface area contributed by atoms with Gasteiger partial charge in [0.2, 0.25) is 0 Å². The normalized spacial score (nSPS) is 22.5. The van der Waals surface area contributed by atoms with E-state index in [1.54, 1.807) is 94.8 Å². The molecule has 4 aliphatic heterocycles. The Morgan fingerprint density at radius 2 is 0.517 bits per heavy atom. The summed E-state index contributed by atoms with van der Waals surface area (Å²) in [6.45, 7) is 18.6. The van der Waals surface area contributed by atoms with Crippen molar-refractivity contribution in [3.05, 3.63) is 91.7 Å². The van der Waals surface area contributed by atoms with Gasteiger partial charge < -0.3 is 24.8 Å². The Balaban J connectivity index is 0.000000391. The minimum atomic E-state index is -0.883. The van der Waals surface area contributed by atoms with Crippen LogP contribution in [0.3, 0.4) is 0 Å². The summed E-state index contributed by atoms with van der Waals surface area (Å²) in [5, 5.41) is 7.29. The molecule has 0 spiro atoms. The molecule has 4 heterocycles. The third-order valence-electron chi connectivity index (χ3n) is 16.2. The Morgan fingerprint density at radius 3 is 0.617 bits per heavy atom. The molecule has 0 aromatic carbocycles. The maximum absolute atomic E-state index is 2.56. The molecule has 0 unspecified atom stereocenters. The van der Waals surface area contributed by atoms with Gasteiger partial charge in [0.05, 0.1) is 32.3 Å². The van der Waals surface area contributed by atoms with Crippen LogP contribution >= 0.6 is 0 Å². The third kappa shape index (κ3) is 14.4. The molecule has 0 bridgehead atoms. The van der Waals surface area contributed by atoms with E-state index in [9.17, 15) is 0 Å². The summed E-state index contributed by atoms with van der Waals surface area (Å²) in [5.74, 6) is 0. The van der Waals surface area contributed by atoms with Crippen molar-refractivity contribution in [2.45, 2.75) is 231 Å². The second-order valence-electron chi connectivity index (χ2n) is 19.6. The number of rotatable bonds is 16. The van der Waals surface area contributed by atoms with Gasteiger partial charge in [0.25, 0.3) is 0 Å². The van der Waals surface area contributed by atoms with Crippen molar-refractivity contribution in [3.8, 4) is 0 Å². The zero-order chi connectivity index (χ0) is 40.1. The van der Waals surface area contributed by atoms with Crippen molar-refractivity contribution in [2.24, 2.45) is 0 Å². The van der Waals surface area contributed by atoms with E-state index in [0.29, 0.717) is 0 Å². The zero-order valence-electron chi connectivity index (χ0n) is 40.2. The first-order valence-electron chi connectivity index (χ1n) is 24.8. The van der Waals surface area contributed by atoms with Gasteiger partial charge in [0.1, 0.15) is 0 Å². The predicted molar refractivity (Wildman–Crippen MR) is 265 cm³/mol. The molecule has 4 aliphatic carbocycles. The van der Waals surface area contributed by atoms with Gasteiger partial charge in [0, 0.05) is 43.4 Å². The average molecular weight is 992 g/mol. The minimum Gasteiger partial charge on any atom is -1.00 e. The first-order chi connectivity index (χ1) is 27.2. The van der Waals surface area contributed by atoms with Crippen molar-refractivity contribution in [2.75, 3.05) is 0 Å². The first-order valence-corrected chi connectivity index (χ1v) is 35.3. The molecule has 0 amide bonds. The van der Waals surface area contributed by atoms with Crippen molar-refractivity contribution >= 4 is 32.3 Å². The van der Waals surface area contributed by atoms with Gasteiger partial charge in [-0.05, 0) is 51.4 Å². The fraction of sp³-hybridized carbons (Fsp3) is 0.692. The van der Waals surface area contributed by atoms with E-state index in [2.05, 4.69) is 104 Å². The third-order valence-corrected chi connectivity index (χ3v) is 38.8. The molecule has 8 heteroatoms. The summed E-state index contributed by atoms with van der Waals surface area (Å²) in [6.07, 6.45) is 42.2. The SMILES string of the molecule is CCC[Si]1(C2=CCC(CC)=C2)CCC1.CCC[Si]1(C2=CCC(CC)=C2)CCC1.CCC[Si]1(C2=CCC(CC)=C2)CCC1.CCC[Si]1(C2=CCC(CC)=C2)CCC1.[Cl-].[Cl-].[Ti].[Ti]. The Kier molecular flexibility index (Phi) is 28.2. The molecule has 336 valence electrons. The Labute approximate surface area is 419 Å². The summed E-state index contributed by atoms with van der Waals surface area (Å²) in [5.41, 5.74) is 6.70. The summed E-state index contributed by atoms with van der Waals surface area (Å²) >= 11 is 0. The van der Waals surface area contributed by atoms with Crippen LogP contribution in [-0.4, -0.2) is 32.3 Å². The van der Waals surface area contributed by atoms with Crippen LogP contribution in [-0.2, 0) is 43.4 Å². The molecule has 0 N–H and O–H groups in total. The maximum Gasteiger partial charge on any atom is 0.0862 e. The summed E-state index contributed by atoms with van der Waals surface area (Å²) in [6, 6.07) is 18.9. The van der Waals surface area contributed by atoms with Crippen LogP contribution in [0.1, 0.15) is 158 Å². The average Bonchev–Trinajstić information content (AvgIpc) is 3.99. The summed E-state index contributed by atoms with van der Waals surface area (Å²) in [4.78, 5) is 0. The van der Waals surface area contributed by atoms with Gasteiger partial charge in [-0.2, -0.15) is 0 Å². The summed E-state index contributed by atoms with van der Waals surface area (Å²) < 4.78 is 0. The van der Waals surface area contributed by atoms with Gasteiger partial charge >= 0.3 is 0 Å². The van der Waals surface area contributed by atoms with Crippen molar-refractivity contribution in [1.29, 1.82) is 0 Å². The van der Waals surface area contributed by atoms with Crippen LogP contribution in [0.5, 0.6) is 0 Å². The largest absolute Gasteiger partial charge is 1.00 e. The molecule has 0 atom stereocenters. The number of hydrogen-bond donors (Lipinski definition) is 0. The maximum atomic E-state index is 2.56. The van der Waals surface area contributed by atoms with Crippen LogP contribution in [0.2, 0.25) is 72.5 Å².